The fourth-order valence-corrected chi connectivity index (χ4v) is 4.58. The summed E-state index contributed by atoms with van der Waals surface area (Å²) in [6.45, 7) is 4.04. The van der Waals surface area contributed by atoms with Crippen LogP contribution in [0.15, 0.2) is 0 Å². The van der Waals surface area contributed by atoms with Gasteiger partial charge in [0.1, 0.15) is 5.54 Å². The molecule has 0 radical (unpaired) electrons. The number of amides is 1. The highest BCUT2D eigenvalue weighted by Gasteiger charge is 2.47. The Morgan fingerprint density at radius 3 is 2.29 bits per heavy atom. The molecule has 0 spiro atoms. The smallest absolute Gasteiger partial charge is 0.243 e. The Balaban J connectivity index is 1.76. The molecule has 3 rings (SSSR count). The van der Waals surface area contributed by atoms with Crippen LogP contribution >= 0.6 is 0 Å². The predicted molar refractivity (Wildman–Crippen MR) is 83.0 cm³/mol. The number of likely N-dealkylation sites (tertiary alicyclic amines) is 2. The average molecular weight is 294 g/mol. The lowest BCUT2D eigenvalue weighted by molar-refractivity contribution is -0.147. The molecule has 4 heteroatoms. The largest absolute Gasteiger partial charge is 0.396 e. The minimum Gasteiger partial charge on any atom is -0.396 e. The number of hydrogen-bond donors (Lipinski definition) is 1. The van der Waals surface area contributed by atoms with E-state index in [1.165, 1.54) is 38.5 Å². The van der Waals surface area contributed by atoms with Crippen LogP contribution in [0.2, 0.25) is 0 Å². The standard InChI is InChI=1S/C17H30N2O2/c20-14-15-7-12-18(13-15)16(21)17(8-3-1-4-9-17)19-10-5-2-6-11-19/h15,20H,1-14H2. The van der Waals surface area contributed by atoms with Crippen LogP contribution < -0.4 is 0 Å². The van der Waals surface area contributed by atoms with Crippen LogP contribution in [-0.2, 0) is 4.79 Å². The normalized spacial score (nSPS) is 30.5. The first-order valence-corrected chi connectivity index (χ1v) is 8.91. The van der Waals surface area contributed by atoms with Crippen LogP contribution in [0.25, 0.3) is 0 Å². The SMILES string of the molecule is O=C(N1CCC(CO)C1)C1(N2CCCCC2)CCCCC1. The van der Waals surface area contributed by atoms with Crippen molar-refractivity contribution in [3.63, 3.8) is 0 Å². The number of aliphatic hydroxyl groups excluding tert-OH is 1. The summed E-state index contributed by atoms with van der Waals surface area (Å²) in [7, 11) is 0. The highest BCUT2D eigenvalue weighted by molar-refractivity contribution is 5.86. The van der Waals surface area contributed by atoms with E-state index >= 15 is 0 Å². The van der Waals surface area contributed by atoms with Crippen LogP contribution in [0.4, 0.5) is 0 Å². The first kappa shape index (κ1) is 15.3. The molecular formula is C17H30N2O2. The van der Waals surface area contributed by atoms with E-state index in [9.17, 15) is 9.90 Å². The number of carbonyl (C=O) groups is 1. The molecule has 0 aromatic carbocycles. The van der Waals surface area contributed by atoms with Crippen molar-refractivity contribution in [1.82, 2.24) is 9.80 Å². The Hall–Kier alpha value is -0.610. The number of carbonyl (C=O) groups excluding carboxylic acids is 1. The van der Waals surface area contributed by atoms with Crippen molar-refractivity contribution in [3.8, 4) is 0 Å². The summed E-state index contributed by atoms with van der Waals surface area (Å²) in [4.78, 5) is 17.9. The first-order chi connectivity index (χ1) is 10.3. The number of nitrogens with zero attached hydrogens (tertiary/aromatic N) is 2. The molecule has 2 saturated heterocycles. The van der Waals surface area contributed by atoms with E-state index in [0.29, 0.717) is 11.8 Å². The van der Waals surface area contributed by atoms with Gasteiger partial charge in [0.2, 0.25) is 5.91 Å². The molecule has 1 saturated carbocycles. The van der Waals surface area contributed by atoms with Gasteiger partial charge in [-0.15, -0.1) is 0 Å². The summed E-state index contributed by atoms with van der Waals surface area (Å²) in [5.74, 6) is 0.677. The molecule has 3 aliphatic rings. The fraction of sp³-hybridized carbons (Fsp3) is 0.941. The van der Waals surface area contributed by atoms with Crippen LogP contribution in [-0.4, -0.2) is 59.1 Å². The molecule has 2 heterocycles. The Kier molecular flexibility index (Phi) is 4.85. The van der Waals surface area contributed by atoms with E-state index in [1.807, 2.05) is 0 Å². The van der Waals surface area contributed by atoms with E-state index in [4.69, 9.17) is 0 Å². The lowest BCUT2D eigenvalue weighted by Crippen LogP contribution is -2.61. The third kappa shape index (κ3) is 2.98. The highest BCUT2D eigenvalue weighted by atomic mass is 16.3. The van der Waals surface area contributed by atoms with Crippen molar-refractivity contribution in [2.75, 3.05) is 32.8 Å². The van der Waals surface area contributed by atoms with Gasteiger partial charge in [0.25, 0.3) is 0 Å². The molecule has 2 aliphatic heterocycles. The van der Waals surface area contributed by atoms with Crippen molar-refractivity contribution >= 4 is 5.91 Å². The molecule has 1 unspecified atom stereocenters. The lowest BCUT2D eigenvalue weighted by atomic mass is 9.78. The van der Waals surface area contributed by atoms with E-state index in [-0.39, 0.29) is 12.1 Å². The summed E-state index contributed by atoms with van der Waals surface area (Å²) >= 11 is 0. The minimum absolute atomic E-state index is 0.205. The summed E-state index contributed by atoms with van der Waals surface area (Å²) in [5.41, 5.74) is -0.205. The summed E-state index contributed by atoms with van der Waals surface area (Å²) in [6, 6.07) is 0. The summed E-state index contributed by atoms with van der Waals surface area (Å²) in [6.07, 6.45) is 10.5. The van der Waals surface area contributed by atoms with E-state index in [2.05, 4.69) is 9.80 Å². The van der Waals surface area contributed by atoms with Crippen molar-refractivity contribution in [2.24, 2.45) is 5.92 Å². The number of piperidine rings is 1. The molecular weight excluding hydrogens is 264 g/mol. The zero-order chi connectivity index (χ0) is 14.7. The van der Waals surface area contributed by atoms with Crippen molar-refractivity contribution in [2.45, 2.75) is 63.3 Å². The molecule has 1 amide bonds. The predicted octanol–water partition coefficient (Wildman–Crippen LogP) is 2.02. The Morgan fingerprint density at radius 1 is 1.00 bits per heavy atom. The Bertz CT molecular complexity index is 360. The zero-order valence-electron chi connectivity index (χ0n) is 13.2. The van der Waals surface area contributed by atoms with Gasteiger partial charge in [0.15, 0.2) is 0 Å². The third-order valence-corrected chi connectivity index (χ3v) is 5.87. The van der Waals surface area contributed by atoms with Gasteiger partial charge < -0.3 is 10.0 Å². The van der Waals surface area contributed by atoms with Crippen molar-refractivity contribution in [3.05, 3.63) is 0 Å². The summed E-state index contributed by atoms with van der Waals surface area (Å²) < 4.78 is 0. The molecule has 1 atom stereocenters. The van der Waals surface area contributed by atoms with Crippen LogP contribution in [0.1, 0.15) is 57.8 Å². The highest BCUT2D eigenvalue weighted by Crippen LogP contribution is 2.38. The minimum atomic E-state index is -0.205. The lowest BCUT2D eigenvalue weighted by Gasteiger charge is -2.48. The van der Waals surface area contributed by atoms with E-state index in [1.54, 1.807) is 0 Å². The van der Waals surface area contributed by atoms with Crippen molar-refractivity contribution < 1.29 is 9.90 Å². The molecule has 0 bridgehead atoms. The molecule has 0 aromatic heterocycles. The maximum atomic E-state index is 13.3. The quantitative estimate of drug-likeness (QED) is 0.866. The van der Waals surface area contributed by atoms with Gasteiger partial charge in [-0.3, -0.25) is 9.69 Å². The molecule has 4 nitrogen and oxygen atoms in total. The monoisotopic (exact) mass is 294 g/mol. The number of rotatable bonds is 3. The second-order valence-corrected chi connectivity index (χ2v) is 7.23. The Morgan fingerprint density at radius 2 is 1.67 bits per heavy atom. The molecule has 21 heavy (non-hydrogen) atoms. The van der Waals surface area contributed by atoms with Gasteiger partial charge in [0, 0.05) is 25.6 Å². The van der Waals surface area contributed by atoms with Gasteiger partial charge in [-0.05, 0) is 45.2 Å². The number of hydrogen-bond acceptors (Lipinski definition) is 3. The van der Waals surface area contributed by atoms with Crippen molar-refractivity contribution in [1.29, 1.82) is 0 Å². The second-order valence-electron chi connectivity index (χ2n) is 7.23. The molecule has 1 aliphatic carbocycles. The van der Waals surface area contributed by atoms with Gasteiger partial charge >= 0.3 is 0 Å². The molecule has 3 fully saturated rings. The first-order valence-electron chi connectivity index (χ1n) is 8.91. The maximum Gasteiger partial charge on any atom is 0.243 e. The van der Waals surface area contributed by atoms with Crippen LogP contribution in [0, 0.1) is 5.92 Å². The van der Waals surface area contributed by atoms with Crippen LogP contribution in [0.3, 0.4) is 0 Å². The van der Waals surface area contributed by atoms with E-state index in [0.717, 1.165) is 45.4 Å². The van der Waals surface area contributed by atoms with Gasteiger partial charge in [-0.1, -0.05) is 25.7 Å². The molecule has 120 valence electrons. The zero-order valence-corrected chi connectivity index (χ0v) is 13.2. The van der Waals surface area contributed by atoms with Gasteiger partial charge in [-0.25, -0.2) is 0 Å². The third-order valence-electron chi connectivity index (χ3n) is 5.87. The Labute approximate surface area is 128 Å². The molecule has 0 aromatic rings. The van der Waals surface area contributed by atoms with E-state index < -0.39 is 0 Å². The molecule has 1 N–H and O–H groups in total. The van der Waals surface area contributed by atoms with Crippen LogP contribution in [0.5, 0.6) is 0 Å². The maximum absolute atomic E-state index is 13.3. The average Bonchev–Trinajstić information content (AvgIpc) is 3.04. The van der Waals surface area contributed by atoms with Gasteiger partial charge in [0.05, 0.1) is 0 Å². The number of aliphatic hydroxyl groups is 1. The fourth-order valence-electron chi connectivity index (χ4n) is 4.58. The second kappa shape index (κ2) is 6.66. The summed E-state index contributed by atoms with van der Waals surface area (Å²) in [5, 5.41) is 9.34. The van der Waals surface area contributed by atoms with Gasteiger partial charge in [-0.2, -0.15) is 0 Å². The topological polar surface area (TPSA) is 43.8 Å².